The Labute approximate surface area is 121 Å². The lowest BCUT2D eigenvalue weighted by Gasteiger charge is -2.05. The average molecular weight is 285 g/mol. The van der Waals surface area contributed by atoms with E-state index in [1.165, 1.54) is 18.2 Å². The SMILES string of the molecule is CC(=NNC(=O)c1ccc(N)cc1)c1ccc(O)cc1O. The van der Waals surface area contributed by atoms with Crippen molar-refractivity contribution in [3.05, 3.63) is 53.6 Å². The Morgan fingerprint density at radius 3 is 2.43 bits per heavy atom. The van der Waals surface area contributed by atoms with Crippen LogP contribution in [0.5, 0.6) is 11.5 Å². The van der Waals surface area contributed by atoms with Crippen molar-refractivity contribution >= 4 is 17.3 Å². The summed E-state index contributed by atoms with van der Waals surface area (Å²) in [4.78, 5) is 11.9. The Hall–Kier alpha value is -3.02. The summed E-state index contributed by atoms with van der Waals surface area (Å²) in [7, 11) is 0. The maximum atomic E-state index is 11.9. The van der Waals surface area contributed by atoms with Crippen molar-refractivity contribution in [2.45, 2.75) is 6.92 Å². The number of nitrogens with one attached hydrogen (secondary N) is 1. The summed E-state index contributed by atoms with van der Waals surface area (Å²) in [6.07, 6.45) is 0. The molecule has 2 rings (SSSR count). The third kappa shape index (κ3) is 3.50. The predicted octanol–water partition coefficient (Wildman–Crippen LogP) is 1.83. The fourth-order valence-electron chi connectivity index (χ4n) is 1.72. The minimum absolute atomic E-state index is 0.0463. The number of aromatic hydroxyl groups is 2. The Balaban J connectivity index is 2.12. The van der Waals surface area contributed by atoms with Crippen molar-refractivity contribution < 1.29 is 15.0 Å². The van der Waals surface area contributed by atoms with Crippen molar-refractivity contribution in [2.75, 3.05) is 5.73 Å². The molecule has 0 aliphatic heterocycles. The van der Waals surface area contributed by atoms with Gasteiger partial charge in [0.25, 0.3) is 5.91 Å². The molecule has 2 aromatic rings. The largest absolute Gasteiger partial charge is 0.508 e. The minimum atomic E-state index is -0.382. The Morgan fingerprint density at radius 2 is 1.81 bits per heavy atom. The van der Waals surface area contributed by atoms with Gasteiger partial charge in [-0.3, -0.25) is 4.79 Å². The maximum absolute atomic E-state index is 11.9. The quantitative estimate of drug-likeness (QED) is 0.392. The highest BCUT2D eigenvalue weighted by Gasteiger charge is 2.07. The second-order valence-corrected chi connectivity index (χ2v) is 4.46. The number of anilines is 1. The van der Waals surface area contributed by atoms with Gasteiger partial charge in [-0.25, -0.2) is 5.43 Å². The number of nitrogens with zero attached hydrogens (tertiary/aromatic N) is 1. The van der Waals surface area contributed by atoms with Crippen LogP contribution in [0.4, 0.5) is 5.69 Å². The lowest BCUT2D eigenvalue weighted by Crippen LogP contribution is -2.19. The molecule has 0 bridgehead atoms. The molecule has 0 spiro atoms. The van der Waals surface area contributed by atoms with Gasteiger partial charge in [0.2, 0.25) is 0 Å². The van der Waals surface area contributed by atoms with E-state index < -0.39 is 0 Å². The third-order valence-electron chi connectivity index (χ3n) is 2.87. The summed E-state index contributed by atoms with van der Waals surface area (Å²) >= 11 is 0. The zero-order valence-electron chi connectivity index (χ0n) is 11.4. The molecule has 0 unspecified atom stereocenters. The van der Waals surface area contributed by atoms with E-state index in [0.717, 1.165) is 0 Å². The van der Waals surface area contributed by atoms with E-state index in [2.05, 4.69) is 10.5 Å². The highest BCUT2D eigenvalue weighted by molar-refractivity contribution is 6.02. The topological polar surface area (TPSA) is 108 Å². The standard InChI is InChI=1S/C15H15N3O3/c1-9(13-7-6-12(19)8-14(13)20)17-18-15(21)10-2-4-11(16)5-3-10/h2-8,19-20H,16H2,1H3,(H,18,21). The number of hydrogen-bond donors (Lipinski definition) is 4. The number of nitrogen functional groups attached to an aromatic ring is 1. The van der Waals surface area contributed by atoms with Crippen molar-refractivity contribution in [3.63, 3.8) is 0 Å². The van der Waals surface area contributed by atoms with Gasteiger partial charge in [0.05, 0.1) is 5.71 Å². The van der Waals surface area contributed by atoms with Gasteiger partial charge in [0.15, 0.2) is 0 Å². The van der Waals surface area contributed by atoms with E-state index in [0.29, 0.717) is 22.5 Å². The van der Waals surface area contributed by atoms with Gasteiger partial charge >= 0.3 is 0 Å². The summed E-state index contributed by atoms with van der Waals surface area (Å²) in [5.41, 5.74) is 9.77. The van der Waals surface area contributed by atoms with Crippen molar-refractivity contribution in [2.24, 2.45) is 5.10 Å². The number of hydrazone groups is 1. The number of rotatable bonds is 3. The molecule has 5 N–H and O–H groups in total. The fourth-order valence-corrected chi connectivity index (χ4v) is 1.72. The molecule has 0 aromatic heterocycles. The van der Waals surface area contributed by atoms with E-state index in [1.54, 1.807) is 31.2 Å². The molecule has 6 nitrogen and oxygen atoms in total. The first-order valence-corrected chi connectivity index (χ1v) is 6.20. The van der Waals surface area contributed by atoms with Gasteiger partial charge in [-0.1, -0.05) is 0 Å². The lowest BCUT2D eigenvalue weighted by molar-refractivity contribution is 0.0955. The molecule has 2 aromatic carbocycles. The van der Waals surface area contributed by atoms with Gasteiger partial charge in [0, 0.05) is 22.9 Å². The Morgan fingerprint density at radius 1 is 1.14 bits per heavy atom. The van der Waals surface area contributed by atoms with Crippen molar-refractivity contribution in [1.82, 2.24) is 5.43 Å². The van der Waals surface area contributed by atoms with Crippen molar-refractivity contribution in [3.8, 4) is 11.5 Å². The van der Waals surface area contributed by atoms with Gasteiger partial charge in [-0.15, -0.1) is 0 Å². The summed E-state index contributed by atoms with van der Waals surface area (Å²) in [5.74, 6) is -0.541. The second kappa shape index (κ2) is 5.96. The monoisotopic (exact) mass is 285 g/mol. The van der Waals surface area contributed by atoms with Crippen LogP contribution in [0.25, 0.3) is 0 Å². The van der Waals surface area contributed by atoms with Crippen LogP contribution in [0.2, 0.25) is 0 Å². The minimum Gasteiger partial charge on any atom is -0.508 e. The fraction of sp³-hybridized carbons (Fsp3) is 0.0667. The molecule has 1 amide bonds. The number of phenolic OH excluding ortho intramolecular Hbond substituents is 2. The van der Waals surface area contributed by atoms with Crippen LogP contribution >= 0.6 is 0 Å². The molecule has 0 saturated heterocycles. The molecule has 0 fully saturated rings. The Bertz CT molecular complexity index is 694. The number of carbonyl (C=O) groups excluding carboxylic acids is 1. The number of phenols is 2. The number of hydrogen-bond acceptors (Lipinski definition) is 5. The van der Waals surface area contributed by atoms with Crippen molar-refractivity contribution in [1.29, 1.82) is 0 Å². The average Bonchev–Trinajstić information content (AvgIpc) is 2.45. The first-order chi connectivity index (χ1) is 9.97. The molecular formula is C15H15N3O3. The molecule has 21 heavy (non-hydrogen) atoms. The van der Waals surface area contributed by atoms with Gasteiger partial charge in [0.1, 0.15) is 11.5 Å². The van der Waals surface area contributed by atoms with Crippen LogP contribution < -0.4 is 11.2 Å². The van der Waals surface area contributed by atoms with E-state index in [4.69, 9.17) is 5.73 Å². The molecule has 6 heteroatoms. The highest BCUT2D eigenvalue weighted by Crippen LogP contribution is 2.22. The number of benzene rings is 2. The van der Waals surface area contributed by atoms with E-state index in [-0.39, 0.29) is 17.4 Å². The maximum Gasteiger partial charge on any atom is 0.271 e. The van der Waals surface area contributed by atoms with Crippen LogP contribution in [0.3, 0.4) is 0 Å². The highest BCUT2D eigenvalue weighted by atomic mass is 16.3. The molecule has 0 heterocycles. The van der Waals surface area contributed by atoms with Crippen LogP contribution in [-0.4, -0.2) is 21.8 Å². The summed E-state index contributed by atoms with van der Waals surface area (Å²) < 4.78 is 0. The molecular weight excluding hydrogens is 270 g/mol. The van der Waals surface area contributed by atoms with Gasteiger partial charge in [-0.05, 0) is 43.3 Å². The molecule has 0 aliphatic carbocycles. The first kappa shape index (κ1) is 14.4. The van der Waals surface area contributed by atoms with E-state index in [9.17, 15) is 15.0 Å². The molecule has 0 aliphatic rings. The molecule has 108 valence electrons. The summed E-state index contributed by atoms with van der Waals surface area (Å²) in [6, 6.07) is 10.6. The summed E-state index contributed by atoms with van der Waals surface area (Å²) in [5, 5.41) is 22.9. The van der Waals surface area contributed by atoms with E-state index in [1.807, 2.05) is 0 Å². The van der Waals surface area contributed by atoms with Crippen LogP contribution in [0.1, 0.15) is 22.8 Å². The molecule has 0 saturated carbocycles. The predicted molar refractivity (Wildman–Crippen MR) is 80.3 cm³/mol. The number of amides is 1. The van der Waals surface area contributed by atoms with Gasteiger partial charge in [-0.2, -0.15) is 5.10 Å². The normalized spacial score (nSPS) is 11.2. The van der Waals surface area contributed by atoms with Gasteiger partial charge < -0.3 is 15.9 Å². The molecule has 0 radical (unpaired) electrons. The first-order valence-electron chi connectivity index (χ1n) is 6.20. The smallest absolute Gasteiger partial charge is 0.271 e. The Kier molecular flexibility index (Phi) is 4.08. The van der Waals surface area contributed by atoms with Crippen LogP contribution in [0.15, 0.2) is 47.6 Å². The molecule has 0 atom stereocenters. The third-order valence-corrected chi connectivity index (χ3v) is 2.87. The number of carbonyl (C=O) groups is 1. The van der Waals surface area contributed by atoms with Crippen LogP contribution in [-0.2, 0) is 0 Å². The zero-order valence-corrected chi connectivity index (χ0v) is 11.4. The number of nitrogens with two attached hydrogens (primary N) is 1. The second-order valence-electron chi connectivity index (χ2n) is 4.46. The zero-order chi connectivity index (χ0) is 15.4. The lowest BCUT2D eigenvalue weighted by atomic mass is 10.1. The summed E-state index contributed by atoms with van der Waals surface area (Å²) in [6.45, 7) is 1.63. The van der Waals surface area contributed by atoms with Crippen LogP contribution in [0, 0.1) is 0 Å². The van der Waals surface area contributed by atoms with E-state index >= 15 is 0 Å².